The number of fused-ring (bicyclic) bond motifs is 2. The van der Waals surface area contributed by atoms with E-state index in [1.807, 2.05) is 7.05 Å². The van der Waals surface area contributed by atoms with E-state index in [0.717, 1.165) is 12.8 Å². The van der Waals surface area contributed by atoms with Crippen LogP contribution in [0.1, 0.15) is 25.7 Å². The van der Waals surface area contributed by atoms with Gasteiger partial charge >= 0.3 is 0 Å². The van der Waals surface area contributed by atoms with Crippen molar-refractivity contribution in [3.05, 3.63) is 0 Å². The van der Waals surface area contributed by atoms with Crippen molar-refractivity contribution >= 4 is 5.91 Å². The van der Waals surface area contributed by atoms with Crippen molar-refractivity contribution in [3.63, 3.8) is 0 Å². The van der Waals surface area contributed by atoms with E-state index in [4.69, 9.17) is 5.73 Å². The minimum absolute atomic E-state index is 0.190. The van der Waals surface area contributed by atoms with Crippen LogP contribution in [0.2, 0.25) is 0 Å². The summed E-state index contributed by atoms with van der Waals surface area (Å²) in [6.45, 7) is 0. The molecule has 80 valence electrons. The fourth-order valence-electron chi connectivity index (χ4n) is 3.00. The lowest BCUT2D eigenvalue weighted by Gasteiger charge is -2.43. The minimum Gasteiger partial charge on any atom is -0.368 e. The molecule has 2 fully saturated rings. The van der Waals surface area contributed by atoms with E-state index >= 15 is 0 Å². The van der Waals surface area contributed by atoms with Crippen LogP contribution in [0.15, 0.2) is 0 Å². The predicted octanol–water partition coefficient (Wildman–Crippen LogP) is -0.313. The summed E-state index contributed by atoms with van der Waals surface area (Å²) >= 11 is 0. The van der Waals surface area contributed by atoms with Gasteiger partial charge in [-0.25, -0.2) is 0 Å². The number of nitrogens with two attached hydrogens (primary N) is 1. The Labute approximate surface area is 84.8 Å². The second-order valence-corrected chi connectivity index (χ2v) is 4.66. The average molecular weight is 197 g/mol. The second-order valence-electron chi connectivity index (χ2n) is 4.66. The molecule has 2 saturated heterocycles. The smallest absolute Gasteiger partial charge is 0.237 e. The summed E-state index contributed by atoms with van der Waals surface area (Å²) in [6, 6.07) is 1.07. The number of hydrogen-bond acceptors (Lipinski definition) is 3. The van der Waals surface area contributed by atoms with Crippen LogP contribution in [0.25, 0.3) is 0 Å². The molecule has 0 aliphatic carbocycles. The quantitative estimate of drug-likeness (QED) is 0.638. The highest BCUT2D eigenvalue weighted by molar-refractivity contribution is 5.85. The molecule has 0 aromatic carbocycles. The number of nitrogens with zero attached hydrogens (tertiary/aromatic N) is 1. The van der Waals surface area contributed by atoms with Crippen LogP contribution >= 0.6 is 0 Å². The molecule has 0 saturated carbocycles. The monoisotopic (exact) mass is 197 g/mol. The van der Waals surface area contributed by atoms with E-state index in [2.05, 4.69) is 17.3 Å². The van der Waals surface area contributed by atoms with Crippen molar-refractivity contribution in [3.8, 4) is 0 Å². The van der Waals surface area contributed by atoms with Crippen molar-refractivity contribution < 1.29 is 4.79 Å². The van der Waals surface area contributed by atoms with Crippen LogP contribution in [0, 0.1) is 0 Å². The first kappa shape index (κ1) is 9.93. The molecule has 2 atom stereocenters. The summed E-state index contributed by atoms with van der Waals surface area (Å²) < 4.78 is 0. The highest BCUT2D eigenvalue weighted by Crippen LogP contribution is 2.39. The lowest BCUT2D eigenvalue weighted by atomic mass is 9.82. The minimum atomic E-state index is -0.446. The number of hydrogen-bond donors (Lipinski definition) is 2. The molecule has 0 spiro atoms. The summed E-state index contributed by atoms with van der Waals surface area (Å²) in [4.78, 5) is 13.9. The van der Waals surface area contributed by atoms with Crippen molar-refractivity contribution in [1.82, 2.24) is 10.2 Å². The van der Waals surface area contributed by atoms with Crippen LogP contribution in [-0.4, -0.2) is 42.5 Å². The molecule has 2 unspecified atom stereocenters. The van der Waals surface area contributed by atoms with E-state index in [9.17, 15) is 4.79 Å². The van der Waals surface area contributed by atoms with Gasteiger partial charge in [0, 0.05) is 12.1 Å². The number of carbonyl (C=O) groups excluding carboxylic acids is 1. The highest BCUT2D eigenvalue weighted by atomic mass is 16.1. The van der Waals surface area contributed by atoms with E-state index in [1.165, 1.54) is 12.8 Å². The molecule has 0 radical (unpaired) electrons. The van der Waals surface area contributed by atoms with Gasteiger partial charge in [-0.15, -0.1) is 0 Å². The molecule has 14 heavy (non-hydrogen) atoms. The van der Waals surface area contributed by atoms with Gasteiger partial charge in [-0.1, -0.05) is 0 Å². The summed E-state index contributed by atoms with van der Waals surface area (Å²) in [5.74, 6) is -0.190. The predicted molar refractivity (Wildman–Crippen MR) is 54.8 cm³/mol. The number of likely N-dealkylation sites (N-methyl/N-ethyl adjacent to an activating group) is 1. The summed E-state index contributed by atoms with van der Waals surface area (Å²) in [7, 11) is 4.00. The van der Waals surface area contributed by atoms with E-state index < -0.39 is 5.54 Å². The van der Waals surface area contributed by atoms with Gasteiger partial charge in [0.25, 0.3) is 0 Å². The third-order valence-electron chi connectivity index (χ3n) is 4.10. The zero-order valence-corrected chi connectivity index (χ0v) is 8.92. The van der Waals surface area contributed by atoms with Gasteiger partial charge in [0.2, 0.25) is 5.91 Å². The zero-order chi connectivity index (χ0) is 10.3. The van der Waals surface area contributed by atoms with Crippen LogP contribution in [0.4, 0.5) is 0 Å². The Kier molecular flexibility index (Phi) is 2.27. The first-order valence-corrected chi connectivity index (χ1v) is 5.30. The molecule has 4 heteroatoms. The lowest BCUT2D eigenvalue weighted by Crippen LogP contribution is -2.62. The van der Waals surface area contributed by atoms with Crippen molar-refractivity contribution in [2.75, 3.05) is 14.1 Å². The van der Waals surface area contributed by atoms with Crippen molar-refractivity contribution in [2.24, 2.45) is 5.73 Å². The van der Waals surface area contributed by atoms with Gasteiger partial charge in [0.1, 0.15) is 5.54 Å². The maximum Gasteiger partial charge on any atom is 0.237 e. The highest BCUT2D eigenvalue weighted by Gasteiger charge is 2.49. The van der Waals surface area contributed by atoms with Gasteiger partial charge in [0.15, 0.2) is 0 Å². The average Bonchev–Trinajstić information content (AvgIpc) is 2.42. The Hall–Kier alpha value is -0.610. The van der Waals surface area contributed by atoms with Crippen LogP contribution < -0.4 is 11.1 Å². The number of primary amides is 1. The van der Waals surface area contributed by atoms with Crippen molar-refractivity contribution in [2.45, 2.75) is 43.3 Å². The SMILES string of the molecule is CNC1(C(N)=O)CC2CCC(C1)N2C. The number of piperidine rings is 1. The number of carbonyl (C=O) groups is 1. The standard InChI is InChI=1S/C10H19N3O/c1-12-10(9(11)14)5-7-3-4-8(6-10)13(7)2/h7-8,12H,3-6H2,1-2H3,(H2,11,14). The molecule has 0 aromatic rings. The zero-order valence-electron chi connectivity index (χ0n) is 8.92. The molecule has 2 rings (SSSR count). The van der Waals surface area contributed by atoms with Gasteiger partial charge in [-0.2, -0.15) is 0 Å². The van der Waals surface area contributed by atoms with E-state index in [1.54, 1.807) is 0 Å². The fourth-order valence-corrected chi connectivity index (χ4v) is 3.00. The fraction of sp³-hybridized carbons (Fsp3) is 0.900. The second kappa shape index (κ2) is 3.21. The Bertz CT molecular complexity index is 240. The maximum atomic E-state index is 11.5. The van der Waals surface area contributed by atoms with Gasteiger partial charge in [-0.3, -0.25) is 4.79 Å². The molecule has 2 bridgehead atoms. The number of nitrogens with one attached hydrogen (secondary N) is 1. The Morgan fingerprint density at radius 2 is 1.93 bits per heavy atom. The maximum absolute atomic E-state index is 11.5. The van der Waals surface area contributed by atoms with Crippen LogP contribution in [-0.2, 0) is 4.79 Å². The topological polar surface area (TPSA) is 58.4 Å². The first-order valence-electron chi connectivity index (χ1n) is 5.30. The van der Waals surface area contributed by atoms with E-state index in [0.29, 0.717) is 12.1 Å². The first-order chi connectivity index (χ1) is 6.59. The van der Waals surface area contributed by atoms with Gasteiger partial charge in [0.05, 0.1) is 0 Å². The summed E-state index contributed by atoms with van der Waals surface area (Å²) in [5, 5.41) is 3.14. The van der Waals surface area contributed by atoms with Crippen LogP contribution in [0.5, 0.6) is 0 Å². The van der Waals surface area contributed by atoms with Crippen LogP contribution in [0.3, 0.4) is 0 Å². The third-order valence-corrected chi connectivity index (χ3v) is 4.10. The van der Waals surface area contributed by atoms with Gasteiger partial charge in [-0.05, 0) is 39.8 Å². The molecular weight excluding hydrogens is 178 g/mol. The Morgan fingerprint density at radius 1 is 1.43 bits per heavy atom. The third kappa shape index (κ3) is 1.25. The molecule has 4 nitrogen and oxygen atoms in total. The molecule has 3 N–H and O–H groups in total. The number of amides is 1. The molecule has 2 aliphatic rings. The lowest BCUT2D eigenvalue weighted by molar-refractivity contribution is -0.127. The Morgan fingerprint density at radius 3 is 2.29 bits per heavy atom. The number of rotatable bonds is 2. The molecule has 2 aliphatic heterocycles. The largest absolute Gasteiger partial charge is 0.368 e. The Balaban J connectivity index is 2.21. The van der Waals surface area contributed by atoms with Gasteiger partial charge < -0.3 is 16.0 Å². The molecule has 2 heterocycles. The van der Waals surface area contributed by atoms with E-state index in [-0.39, 0.29) is 5.91 Å². The van der Waals surface area contributed by atoms with Crippen molar-refractivity contribution in [1.29, 1.82) is 0 Å². The summed E-state index contributed by atoms with van der Waals surface area (Å²) in [6.07, 6.45) is 4.15. The normalized spacial score (nSPS) is 42.7. The molecular formula is C10H19N3O. The molecule has 0 aromatic heterocycles. The molecule has 1 amide bonds. The summed E-state index contributed by atoms with van der Waals surface area (Å²) in [5.41, 5.74) is 5.04.